The van der Waals surface area contributed by atoms with E-state index in [1.165, 1.54) is 0 Å². The number of para-hydroxylation sites is 1. The van der Waals surface area contributed by atoms with Crippen molar-refractivity contribution in [1.29, 1.82) is 0 Å². The van der Waals surface area contributed by atoms with Crippen LogP contribution < -0.4 is 9.64 Å². The van der Waals surface area contributed by atoms with Crippen LogP contribution in [-0.2, 0) is 18.3 Å². The summed E-state index contributed by atoms with van der Waals surface area (Å²) < 4.78 is 7.56. The Morgan fingerprint density at radius 3 is 2.82 bits per heavy atom. The Balaban J connectivity index is 1.26. The van der Waals surface area contributed by atoms with Gasteiger partial charge < -0.3 is 14.5 Å². The molecule has 1 fully saturated rings. The molecule has 1 aromatic carbocycles. The summed E-state index contributed by atoms with van der Waals surface area (Å²) >= 11 is 0. The number of benzene rings is 1. The number of nitrogens with zero attached hydrogens (tertiary/aromatic N) is 6. The molecule has 2 aromatic heterocycles. The number of amides is 1. The van der Waals surface area contributed by atoms with E-state index in [0.717, 1.165) is 47.7 Å². The van der Waals surface area contributed by atoms with Crippen LogP contribution in [0.15, 0.2) is 36.8 Å². The van der Waals surface area contributed by atoms with Crippen LogP contribution in [0, 0.1) is 5.92 Å². The van der Waals surface area contributed by atoms with Gasteiger partial charge in [-0.3, -0.25) is 9.48 Å². The second-order valence-electron chi connectivity index (χ2n) is 7.33. The van der Waals surface area contributed by atoms with Crippen molar-refractivity contribution in [3.8, 4) is 5.75 Å². The van der Waals surface area contributed by atoms with E-state index >= 15 is 0 Å². The molecule has 0 saturated carbocycles. The monoisotopic (exact) mass is 378 g/mol. The Kier molecular flexibility index (Phi) is 4.11. The number of piperazine rings is 1. The van der Waals surface area contributed by atoms with Crippen molar-refractivity contribution in [2.24, 2.45) is 13.0 Å². The van der Waals surface area contributed by atoms with Gasteiger partial charge in [-0.2, -0.15) is 5.10 Å². The molecule has 2 aliphatic heterocycles. The lowest BCUT2D eigenvalue weighted by Crippen LogP contribution is -2.52. The van der Waals surface area contributed by atoms with Gasteiger partial charge in [0, 0.05) is 33.2 Å². The van der Waals surface area contributed by atoms with E-state index in [0.29, 0.717) is 19.7 Å². The normalized spacial score (nSPS) is 19.4. The van der Waals surface area contributed by atoms with E-state index in [-0.39, 0.29) is 11.8 Å². The molecule has 8 heteroatoms. The van der Waals surface area contributed by atoms with E-state index < -0.39 is 0 Å². The maximum Gasteiger partial charge on any atom is 0.229 e. The molecular weight excluding hydrogens is 356 g/mol. The summed E-state index contributed by atoms with van der Waals surface area (Å²) in [6.07, 6.45) is 4.13. The highest BCUT2D eigenvalue weighted by molar-refractivity contribution is 5.87. The van der Waals surface area contributed by atoms with Gasteiger partial charge in [0.05, 0.1) is 17.5 Å². The molecule has 2 aliphatic rings. The minimum Gasteiger partial charge on any atom is -0.492 e. The van der Waals surface area contributed by atoms with Crippen LogP contribution in [0.4, 0.5) is 5.82 Å². The molecule has 3 aromatic rings. The van der Waals surface area contributed by atoms with Crippen LogP contribution >= 0.6 is 0 Å². The molecule has 0 spiro atoms. The first-order valence-corrected chi connectivity index (χ1v) is 9.58. The fraction of sp³-hybridized carbons (Fsp3) is 0.400. The molecule has 1 atom stereocenters. The van der Waals surface area contributed by atoms with Gasteiger partial charge in [-0.15, -0.1) is 0 Å². The SMILES string of the molecule is Cn1ncc2c(N3CCN(C(=O)[C@@H]4COc5ccccc5C4)CC3)ncnc21. The van der Waals surface area contributed by atoms with Crippen LogP contribution in [0.25, 0.3) is 11.0 Å². The molecule has 4 heterocycles. The lowest BCUT2D eigenvalue weighted by Gasteiger charge is -2.37. The molecule has 144 valence electrons. The number of fused-ring (bicyclic) bond motifs is 2. The van der Waals surface area contributed by atoms with Crippen LogP contribution in [0.2, 0.25) is 0 Å². The van der Waals surface area contributed by atoms with E-state index in [1.807, 2.05) is 36.2 Å². The Hall–Kier alpha value is -3.16. The van der Waals surface area contributed by atoms with Crippen molar-refractivity contribution in [2.45, 2.75) is 6.42 Å². The van der Waals surface area contributed by atoms with Crippen molar-refractivity contribution in [2.75, 3.05) is 37.7 Å². The third-order valence-corrected chi connectivity index (χ3v) is 5.63. The summed E-state index contributed by atoms with van der Waals surface area (Å²) in [6, 6.07) is 7.97. The number of aromatic nitrogens is 4. The van der Waals surface area contributed by atoms with Crippen LogP contribution in [0.1, 0.15) is 5.56 Å². The van der Waals surface area contributed by atoms with Crippen molar-refractivity contribution >= 4 is 22.8 Å². The summed E-state index contributed by atoms with van der Waals surface area (Å²) in [5.74, 6) is 1.87. The maximum atomic E-state index is 13.0. The highest BCUT2D eigenvalue weighted by Gasteiger charge is 2.31. The molecule has 1 saturated heterocycles. The number of carbonyl (C=O) groups excluding carboxylic acids is 1. The largest absolute Gasteiger partial charge is 0.492 e. The lowest BCUT2D eigenvalue weighted by atomic mass is 9.95. The van der Waals surface area contributed by atoms with Gasteiger partial charge in [0.25, 0.3) is 0 Å². The van der Waals surface area contributed by atoms with Crippen LogP contribution in [-0.4, -0.2) is 63.3 Å². The first kappa shape index (κ1) is 17.0. The molecule has 28 heavy (non-hydrogen) atoms. The van der Waals surface area contributed by atoms with Gasteiger partial charge in [0.1, 0.15) is 24.5 Å². The smallest absolute Gasteiger partial charge is 0.229 e. The number of anilines is 1. The highest BCUT2D eigenvalue weighted by atomic mass is 16.5. The zero-order valence-electron chi connectivity index (χ0n) is 15.8. The summed E-state index contributed by atoms with van der Waals surface area (Å²) in [6.45, 7) is 3.32. The fourth-order valence-corrected chi connectivity index (χ4v) is 4.09. The minimum absolute atomic E-state index is 0.106. The van der Waals surface area contributed by atoms with E-state index in [2.05, 4.69) is 20.0 Å². The van der Waals surface area contributed by atoms with Gasteiger partial charge >= 0.3 is 0 Å². The summed E-state index contributed by atoms with van der Waals surface area (Å²) in [5.41, 5.74) is 1.94. The Labute approximate surface area is 162 Å². The predicted molar refractivity (Wildman–Crippen MR) is 104 cm³/mol. The van der Waals surface area contributed by atoms with Crippen molar-refractivity contribution < 1.29 is 9.53 Å². The first-order valence-electron chi connectivity index (χ1n) is 9.58. The third-order valence-electron chi connectivity index (χ3n) is 5.63. The lowest BCUT2D eigenvalue weighted by molar-refractivity contribution is -0.137. The number of hydrogen-bond donors (Lipinski definition) is 0. The van der Waals surface area contributed by atoms with E-state index in [9.17, 15) is 4.79 Å². The predicted octanol–water partition coefficient (Wildman–Crippen LogP) is 1.26. The molecular formula is C20H22N6O2. The molecule has 0 N–H and O–H groups in total. The Morgan fingerprint density at radius 1 is 1.14 bits per heavy atom. The van der Waals surface area contributed by atoms with Gasteiger partial charge in [-0.05, 0) is 18.1 Å². The molecule has 0 radical (unpaired) electrons. The maximum absolute atomic E-state index is 13.0. The number of hydrogen-bond acceptors (Lipinski definition) is 6. The fourth-order valence-electron chi connectivity index (χ4n) is 4.09. The standard InChI is InChI=1S/C20H22N6O2/c1-24-18-16(11-23-24)19(22-13-21-18)25-6-8-26(9-7-25)20(27)15-10-14-4-2-3-5-17(14)28-12-15/h2-5,11,13,15H,6-10,12H2,1H3/t15-/m0/s1. The van der Waals surface area contributed by atoms with Gasteiger partial charge in [0.2, 0.25) is 5.91 Å². The van der Waals surface area contributed by atoms with Crippen LogP contribution in [0.5, 0.6) is 5.75 Å². The summed E-state index contributed by atoms with van der Waals surface area (Å²) in [7, 11) is 1.88. The second-order valence-corrected chi connectivity index (χ2v) is 7.33. The number of carbonyl (C=O) groups is 1. The third kappa shape index (κ3) is 2.85. The quantitative estimate of drug-likeness (QED) is 0.668. The average molecular weight is 378 g/mol. The molecule has 1 amide bonds. The van der Waals surface area contributed by atoms with Crippen LogP contribution in [0.3, 0.4) is 0 Å². The Morgan fingerprint density at radius 2 is 1.96 bits per heavy atom. The van der Waals surface area contributed by atoms with Crippen molar-refractivity contribution in [3.05, 3.63) is 42.4 Å². The number of aryl methyl sites for hydroxylation is 1. The molecule has 8 nitrogen and oxygen atoms in total. The summed E-state index contributed by atoms with van der Waals surface area (Å²) in [5, 5.41) is 5.23. The zero-order chi connectivity index (χ0) is 19.1. The van der Waals surface area contributed by atoms with Gasteiger partial charge in [-0.1, -0.05) is 18.2 Å². The van der Waals surface area contributed by atoms with Crippen molar-refractivity contribution in [3.63, 3.8) is 0 Å². The number of ether oxygens (including phenoxy) is 1. The summed E-state index contributed by atoms with van der Waals surface area (Å²) in [4.78, 5) is 25.9. The van der Waals surface area contributed by atoms with E-state index in [4.69, 9.17) is 4.74 Å². The minimum atomic E-state index is -0.106. The molecule has 5 rings (SSSR count). The second kappa shape index (κ2) is 6.78. The molecule has 0 bridgehead atoms. The first-order chi connectivity index (χ1) is 13.7. The van der Waals surface area contributed by atoms with Gasteiger partial charge in [-0.25, -0.2) is 9.97 Å². The van der Waals surface area contributed by atoms with E-state index in [1.54, 1.807) is 17.2 Å². The zero-order valence-corrected chi connectivity index (χ0v) is 15.8. The van der Waals surface area contributed by atoms with Crippen molar-refractivity contribution in [1.82, 2.24) is 24.6 Å². The number of rotatable bonds is 2. The van der Waals surface area contributed by atoms with Gasteiger partial charge in [0.15, 0.2) is 5.65 Å². The highest BCUT2D eigenvalue weighted by Crippen LogP contribution is 2.28. The molecule has 0 aliphatic carbocycles. The molecule has 0 unspecified atom stereocenters. The Bertz CT molecular complexity index is 1020. The topological polar surface area (TPSA) is 76.4 Å². The average Bonchev–Trinajstić information content (AvgIpc) is 3.14.